The van der Waals surface area contributed by atoms with Crippen LogP contribution in [0.4, 0.5) is 11.4 Å². The summed E-state index contributed by atoms with van der Waals surface area (Å²) in [4.78, 5) is 26.0. The van der Waals surface area contributed by atoms with Crippen LogP contribution >= 0.6 is 0 Å². The number of rotatable bonds is 5. The van der Waals surface area contributed by atoms with E-state index in [1.54, 1.807) is 29.2 Å². The van der Waals surface area contributed by atoms with Crippen molar-refractivity contribution in [3.63, 3.8) is 0 Å². The molecule has 23 heavy (non-hydrogen) atoms. The fourth-order valence-corrected chi connectivity index (χ4v) is 2.22. The molecule has 120 valence electrons. The van der Waals surface area contributed by atoms with E-state index in [4.69, 9.17) is 10.5 Å². The number of benzene rings is 2. The molecule has 5 nitrogen and oxygen atoms in total. The normalized spacial score (nSPS) is 10.4. The second kappa shape index (κ2) is 7.45. The van der Waals surface area contributed by atoms with Gasteiger partial charge in [-0.1, -0.05) is 18.2 Å². The SMILES string of the molecule is CC(C)N(C(=O)COC(=O)c1ccc(N)cc1)c1ccccc1. The van der Waals surface area contributed by atoms with Crippen LogP contribution in [-0.2, 0) is 9.53 Å². The lowest BCUT2D eigenvalue weighted by molar-refractivity contribution is -0.122. The highest BCUT2D eigenvalue weighted by Crippen LogP contribution is 2.17. The molecule has 0 heterocycles. The van der Waals surface area contributed by atoms with Crippen molar-refractivity contribution in [1.29, 1.82) is 0 Å². The monoisotopic (exact) mass is 312 g/mol. The van der Waals surface area contributed by atoms with Crippen LogP contribution < -0.4 is 10.6 Å². The lowest BCUT2D eigenvalue weighted by Gasteiger charge is -2.26. The highest BCUT2D eigenvalue weighted by atomic mass is 16.5. The molecule has 0 unspecified atom stereocenters. The molecule has 0 saturated carbocycles. The zero-order valence-electron chi connectivity index (χ0n) is 13.2. The average Bonchev–Trinajstić information content (AvgIpc) is 2.54. The Balaban J connectivity index is 2.02. The van der Waals surface area contributed by atoms with Crippen LogP contribution in [0.5, 0.6) is 0 Å². The van der Waals surface area contributed by atoms with Crippen molar-refractivity contribution in [2.24, 2.45) is 0 Å². The number of hydrogen-bond acceptors (Lipinski definition) is 4. The van der Waals surface area contributed by atoms with Crippen molar-refractivity contribution < 1.29 is 14.3 Å². The summed E-state index contributed by atoms with van der Waals surface area (Å²) in [5, 5.41) is 0. The maximum absolute atomic E-state index is 12.4. The minimum absolute atomic E-state index is 0.0416. The van der Waals surface area contributed by atoms with Gasteiger partial charge in [-0.25, -0.2) is 4.79 Å². The molecule has 0 aliphatic rings. The van der Waals surface area contributed by atoms with E-state index in [9.17, 15) is 9.59 Å². The number of nitrogens with two attached hydrogens (primary N) is 1. The molecule has 2 aromatic rings. The summed E-state index contributed by atoms with van der Waals surface area (Å²) in [6, 6.07) is 15.6. The number of ether oxygens (including phenoxy) is 1. The van der Waals surface area contributed by atoms with E-state index in [2.05, 4.69) is 0 Å². The number of anilines is 2. The second-order valence-electron chi connectivity index (χ2n) is 5.39. The number of amides is 1. The van der Waals surface area contributed by atoms with Crippen LogP contribution in [-0.4, -0.2) is 24.5 Å². The van der Waals surface area contributed by atoms with Crippen LogP contribution in [0.2, 0.25) is 0 Å². The Kier molecular flexibility index (Phi) is 5.36. The van der Waals surface area contributed by atoms with E-state index in [0.717, 1.165) is 5.69 Å². The van der Waals surface area contributed by atoms with Gasteiger partial charge in [-0.15, -0.1) is 0 Å². The average molecular weight is 312 g/mol. The van der Waals surface area contributed by atoms with Crippen molar-refractivity contribution in [2.45, 2.75) is 19.9 Å². The van der Waals surface area contributed by atoms with Gasteiger partial charge in [0.15, 0.2) is 6.61 Å². The van der Waals surface area contributed by atoms with Gasteiger partial charge in [0, 0.05) is 17.4 Å². The van der Waals surface area contributed by atoms with Gasteiger partial charge in [0.1, 0.15) is 0 Å². The van der Waals surface area contributed by atoms with E-state index in [1.807, 2.05) is 44.2 Å². The molecule has 0 spiro atoms. The maximum atomic E-state index is 12.4. The lowest BCUT2D eigenvalue weighted by Crippen LogP contribution is -2.39. The van der Waals surface area contributed by atoms with Gasteiger partial charge >= 0.3 is 5.97 Å². The molecule has 0 radical (unpaired) electrons. The fraction of sp³-hybridized carbons (Fsp3) is 0.222. The van der Waals surface area contributed by atoms with E-state index in [0.29, 0.717) is 11.3 Å². The third kappa shape index (κ3) is 4.32. The van der Waals surface area contributed by atoms with Gasteiger partial charge in [-0.3, -0.25) is 4.79 Å². The summed E-state index contributed by atoms with van der Waals surface area (Å²) in [5.41, 5.74) is 7.27. The standard InChI is InChI=1S/C18H20N2O3/c1-13(2)20(16-6-4-3-5-7-16)17(21)12-23-18(22)14-8-10-15(19)11-9-14/h3-11,13H,12,19H2,1-2H3. The van der Waals surface area contributed by atoms with Crippen LogP contribution in [0, 0.1) is 0 Å². The molecule has 0 aliphatic carbocycles. The Morgan fingerprint density at radius 1 is 1.04 bits per heavy atom. The quantitative estimate of drug-likeness (QED) is 0.680. The summed E-state index contributed by atoms with van der Waals surface area (Å²) < 4.78 is 5.11. The highest BCUT2D eigenvalue weighted by Gasteiger charge is 2.20. The molecule has 0 aromatic heterocycles. The van der Waals surface area contributed by atoms with Crippen LogP contribution in [0.3, 0.4) is 0 Å². The topological polar surface area (TPSA) is 72.6 Å². The molecule has 2 rings (SSSR count). The molecular weight excluding hydrogens is 292 g/mol. The van der Waals surface area contributed by atoms with Crippen molar-refractivity contribution >= 4 is 23.3 Å². The van der Waals surface area contributed by atoms with Gasteiger partial charge in [-0.05, 0) is 50.2 Å². The first kappa shape index (κ1) is 16.5. The predicted molar refractivity (Wildman–Crippen MR) is 90.2 cm³/mol. The molecule has 0 atom stereocenters. The first-order valence-electron chi connectivity index (χ1n) is 7.39. The van der Waals surface area contributed by atoms with Gasteiger partial charge in [0.25, 0.3) is 5.91 Å². The summed E-state index contributed by atoms with van der Waals surface area (Å²) in [6.07, 6.45) is 0. The molecule has 0 aliphatic heterocycles. The second-order valence-corrected chi connectivity index (χ2v) is 5.39. The Morgan fingerprint density at radius 3 is 2.22 bits per heavy atom. The van der Waals surface area contributed by atoms with Gasteiger partial charge in [-0.2, -0.15) is 0 Å². The van der Waals surface area contributed by atoms with Crippen molar-refractivity contribution in [1.82, 2.24) is 0 Å². The van der Waals surface area contributed by atoms with E-state index < -0.39 is 5.97 Å². The summed E-state index contributed by atoms with van der Waals surface area (Å²) in [7, 11) is 0. The first-order valence-corrected chi connectivity index (χ1v) is 7.39. The largest absolute Gasteiger partial charge is 0.452 e. The minimum atomic E-state index is -0.546. The summed E-state index contributed by atoms with van der Waals surface area (Å²) >= 11 is 0. The highest BCUT2D eigenvalue weighted by molar-refractivity contribution is 5.97. The molecule has 0 saturated heterocycles. The zero-order valence-corrected chi connectivity index (χ0v) is 13.2. The van der Waals surface area contributed by atoms with Crippen LogP contribution in [0.15, 0.2) is 54.6 Å². The lowest BCUT2D eigenvalue weighted by atomic mass is 10.2. The Labute approximate surface area is 135 Å². The number of hydrogen-bond donors (Lipinski definition) is 1. The van der Waals surface area contributed by atoms with Crippen molar-refractivity contribution in [3.05, 3.63) is 60.2 Å². The molecular formula is C18H20N2O3. The number of para-hydroxylation sites is 1. The Bertz CT molecular complexity index is 666. The summed E-state index contributed by atoms with van der Waals surface area (Å²) in [5.74, 6) is -0.815. The molecule has 0 bridgehead atoms. The number of nitrogens with zero attached hydrogens (tertiary/aromatic N) is 1. The molecule has 2 aromatic carbocycles. The summed E-state index contributed by atoms with van der Waals surface area (Å²) in [6.45, 7) is 3.51. The zero-order chi connectivity index (χ0) is 16.8. The fourth-order valence-electron chi connectivity index (χ4n) is 2.22. The van der Waals surface area contributed by atoms with E-state index in [1.165, 1.54) is 0 Å². The number of carbonyl (C=O) groups is 2. The molecule has 5 heteroatoms. The van der Waals surface area contributed by atoms with Gasteiger partial charge in [0.2, 0.25) is 0 Å². The number of nitrogen functional groups attached to an aromatic ring is 1. The van der Waals surface area contributed by atoms with Gasteiger partial charge < -0.3 is 15.4 Å². The smallest absolute Gasteiger partial charge is 0.338 e. The third-order valence-electron chi connectivity index (χ3n) is 3.29. The molecule has 2 N–H and O–H groups in total. The van der Waals surface area contributed by atoms with Crippen molar-refractivity contribution in [3.8, 4) is 0 Å². The Hall–Kier alpha value is -2.82. The minimum Gasteiger partial charge on any atom is -0.452 e. The number of carbonyl (C=O) groups excluding carboxylic acids is 2. The predicted octanol–water partition coefficient (Wildman–Crippen LogP) is 2.87. The van der Waals surface area contributed by atoms with Crippen LogP contribution in [0.25, 0.3) is 0 Å². The number of esters is 1. The Morgan fingerprint density at radius 2 is 1.65 bits per heavy atom. The van der Waals surface area contributed by atoms with Crippen LogP contribution in [0.1, 0.15) is 24.2 Å². The third-order valence-corrected chi connectivity index (χ3v) is 3.29. The molecule has 1 amide bonds. The maximum Gasteiger partial charge on any atom is 0.338 e. The molecule has 0 fully saturated rings. The van der Waals surface area contributed by atoms with E-state index in [-0.39, 0.29) is 18.6 Å². The first-order chi connectivity index (χ1) is 11.0. The van der Waals surface area contributed by atoms with Gasteiger partial charge in [0.05, 0.1) is 5.56 Å². The van der Waals surface area contributed by atoms with Crippen molar-refractivity contribution in [2.75, 3.05) is 17.2 Å². The van der Waals surface area contributed by atoms with E-state index >= 15 is 0 Å².